The first-order valence-electron chi connectivity index (χ1n) is 7.78. The quantitative estimate of drug-likeness (QED) is 0.792. The van der Waals surface area contributed by atoms with Crippen molar-refractivity contribution in [3.8, 4) is 0 Å². The highest BCUT2D eigenvalue weighted by atomic mass is 16.6. The van der Waals surface area contributed by atoms with Crippen molar-refractivity contribution in [3.63, 3.8) is 0 Å². The lowest BCUT2D eigenvalue weighted by atomic mass is 9.99. The molecule has 0 aromatic carbocycles. The number of rotatable bonds is 3. The van der Waals surface area contributed by atoms with Gasteiger partial charge in [0.05, 0.1) is 6.54 Å². The number of carbonyl (C=O) groups is 3. The second-order valence-corrected chi connectivity index (χ2v) is 7.03. The van der Waals surface area contributed by atoms with Crippen molar-refractivity contribution in [1.82, 2.24) is 10.2 Å². The molecule has 0 bridgehead atoms. The number of amides is 2. The van der Waals surface area contributed by atoms with Crippen LogP contribution in [-0.4, -0.2) is 64.9 Å². The van der Waals surface area contributed by atoms with Gasteiger partial charge < -0.3 is 24.8 Å². The molecule has 1 unspecified atom stereocenters. The molecular weight excluding hydrogens is 304 g/mol. The summed E-state index contributed by atoms with van der Waals surface area (Å²) in [5.41, 5.74) is -2.24. The van der Waals surface area contributed by atoms with Crippen LogP contribution >= 0.6 is 0 Å². The molecule has 0 aromatic heterocycles. The molecule has 0 aliphatic carbocycles. The number of nitrogens with one attached hydrogen (secondary N) is 1. The minimum Gasteiger partial charge on any atom is -0.479 e. The molecule has 0 spiro atoms. The van der Waals surface area contributed by atoms with E-state index in [0.29, 0.717) is 13.0 Å². The van der Waals surface area contributed by atoms with Crippen LogP contribution in [0.4, 0.5) is 4.79 Å². The highest BCUT2D eigenvalue weighted by Crippen LogP contribution is 2.25. The van der Waals surface area contributed by atoms with Crippen molar-refractivity contribution in [2.75, 3.05) is 19.7 Å². The van der Waals surface area contributed by atoms with Crippen LogP contribution in [0.2, 0.25) is 0 Å². The van der Waals surface area contributed by atoms with Crippen LogP contribution in [0.1, 0.15) is 40.0 Å². The van der Waals surface area contributed by atoms with Crippen LogP contribution in [0.15, 0.2) is 0 Å². The maximum Gasteiger partial charge on any atom is 0.408 e. The molecule has 2 atom stereocenters. The van der Waals surface area contributed by atoms with E-state index in [0.717, 1.165) is 6.42 Å². The topological polar surface area (TPSA) is 105 Å². The van der Waals surface area contributed by atoms with E-state index >= 15 is 0 Å². The Labute approximate surface area is 135 Å². The lowest BCUT2D eigenvalue weighted by Crippen LogP contribution is -2.57. The number of hydrogen-bond donors (Lipinski definition) is 2. The third-order valence-corrected chi connectivity index (χ3v) is 3.94. The zero-order valence-electron chi connectivity index (χ0n) is 13.8. The Hall–Kier alpha value is -1.83. The molecule has 8 heteroatoms. The lowest BCUT2D eigenvalue weighted by Gasteiger charge is -2.28. The van der Waals surface area contributed by atoms with Gasteiger partial charge in [0.25, 0.3) is 5.91 Å². The molecule has 2 aliphatic rings. The van der Waals surface area contributed by atoms with E-state index < -0.39 is 29.3 Å². The number of alkyl carbamates (subject to hydrolysis) is 1. The van der Waals surface area contributed by atoms with Crippen LogP contribution < -0.4 is 5.32 Å². The fourth-order valence-corrected chi connectivity index (χ4v) is 2.80. The molecule has 0 aromatic rings. The average Bonchev–Trinajstić information content (AvgIpc) is 3.05. The van der Waals surface area contributed by atoms with Gasteiger partial charge in [-0.05, 0) is 33.6 Å². The Kier molecular flexibility index (Phi) is 4.84. The number of carbonyl (C=O) groups excluding carboxylic acids is 2. The molecule has 2 N–H and O–H groups in total. The predicted molar refractivity (Wildman–Crippen MR) is 79.9 cm³/mol. The summed E-state index contributed by atoms with van der Waals surface area (Å²) in [6.45, 7) is 5.82. The largest absolute Gasteiger partial charge is 0.479 e. The molecular formula is C15H24N2O6. The summed E-state index contributed by atoms with van der Waals surface area (Å²) in [7, 11) is 0. The van der Waals surface area contributed by atoms with Gasteiger partial charge in [0, 0.05) is 19.6 Å². The van der Waals surface area contributed by atoms with Crippen molar-refractivity contribution in [2.45, 2.75) is 57.3 Å². The first-order chi connectivity index (χ1) is 10.6. The number of carboxylic acids is 1. The molecule has 2 aliphatic heterocycles. The number of likely N-dealkylation sites (tertiary alicyclic amines) is 1. The van der Waals surface area contributed by atoms with Gasteiger partial charge in [0.1, 0.15) is 11.7 Å². The molecule has 0 saturated carbocycles. The zero-order chi connectivity index (χ0) is 17.3. The van der Waals surface area contributed by atoms with Gasteiger partial charge in [-0.3, -0.25) is 4.79 Å². The highest BCUT2D eigenvalue weighted by Gasteiger charge is 2.49. The summed E-state index contributed by atoms with van der Waals surface area (Å²) >= 11 is 0. The van der Waals surface area contributed by atoms with Gasteiger partial charge in [-0.15, -0.1) is 0 Å². The number of ether oxygens (including phenoxy) is 2. The number of carboxylic acid groups (broad SMARTS) is 1. The summed E-state index contributed by atoms with van der Waals surface area (Å²) in [5.74, 6) is -1.39. The minimum atomic E-state index is -1.52. The van der Waals surface area contributed by atoms with E-state index in [1.54, 1.807) is 20.8 Å². The molecule has 2 rings (SSSR count). The number of hydrogen-bond acceptors (Lipinski definition) is 5. The van der Waals surface area contributed by atoms with Crippen molar-refractivity contribution in [2.24, 2.45) is 0 Å². The average molecular weight is 328 g/mol. The molecule has 2 fully saturated rings. The van der Waals surface area contributed by atoms with Gasteiger partial charge in [0.2, 0.25) is 0 Å². The van der Waals surface area contributed by atoms with Crippen LogP contribution in [0.5, 0.6) is 0 Å². The second-order valence-electron chi connectivity index (χ2n) is 7.03. The Morgan fingerprint density at radius 1 is 1.35 bits per heavy atom. The van der Waals surface area contributed by atoms with Gasteiger partial charge in [-0.25, -0.2) is 9.59 Å². The maximum absolute atomic E-state index is 12.3. The van der Waals surface area contributed by atoms with E-state index in [9.17, 15) is 19.5 Å². The molecule has 8 nitrogen and oxygen atoms in total. The van der Waals surface area contributed by atoms with Crippen LogP contribution in [0.25, 0.3) is 0 Å². The first-order valence-corrected chi connectivity index (χ1v) is 7.78. The number of nitrogens with zero attached hydrogens (tertiary/aromatic N) is 1. The van der Waals surface area contributed by atoms with Gasteiger partial charge in [-0.1, -0.05) is 0 Å². The van der Waals surface area contributed by atoms with E-state index in [1.807, 2.05) is 0 Å². The minimum absolute atomic E-state index is 0.0831. The maximum atomic E-state index is 12.3. The molecule has 0 radical (unpaired) electrons. The van der Waals surface area contributed by atoms with Crippen LogP contribution in [0, 0.1) is 0 Å². The summed E-state index contributed by atoms with van der Waals surface area (Å²) < 4.78 is 10.5. The molecule has 2 amide bonds. The third kappa shape index (κ3) is 4.13. The zero-order valence-corrected chi connectivity index (χ0v) is 13.8. The fraction of sp³-hybridized carbons (Fsp3) is 0.800. The van der Waals surface area contributed by atoms with Crippen molar-refractivity contribution >= 4 is 18.0 Å². The molecule has 23 heavy (non-hydrogen) atoms. The second kappa shape index (κ2) is 6.35. The Balaban J connectivity index is 2.03. The predicted octanol–water partition coefficient (Wildman–Crippen LogP) is 0.746. The van der Waals surface area contributed by atoms with Gasteiger partial charge >= 0.3 is 12.1 Å². The monoisotopic (exact) mass is 328 g/mol. The third-order valence-electron chi connectivity index (χ3n) is 3.94. The Bertz CT molecular complexity index is 495. The SMILES string of the molecule is CC(C)(C)OC(=O)NC1(C(=O)O)CCN(C(=O)[C@H]2CCCO2)C1. The van der Waals surface area contributed by atoms with Gasteiger partial charge in [0.15, 0.2) is 5.54 Å². The standard InChI is InChI=1S/C15H24N2O6/c1-14(2,3)23-13(21)16-15(12(19)20)6-7-17(9-15)11(18)10-5-4-8-22-10/h10H,4-9H2,1-3H3,(H,16,21)(H,19,20)/t10-,15?/m1/s1. The molecule has 2 heterocycles. The van der Waals surface area contributed by atoms with E-state index in [2.05, 4.69) is 5.32 Å². The summed E-state index contributed by atoms with van der Waals surface area (Å²) in [6, 6.07) is 0. The summed E-state index contributed by atoms with van der Waals surface area (Å²) in [5, 5.41) is 12.0. The number of aliphatic carboxylic acids is 1. The van der Waals surface area contributed by atoms with E-state index in [1.165, 1.54) is 4.90 Å². The highest BCUT2D eigenvalue weighted by molar-refractivity contribution is 5.88. The van der Waals surface area contributed by atoms with E-state index in [4.69, 9.17) is 9.47 Å². The lowest BCUT2D eigenvalue weighted by molar-refractivity contribution is -0.145. The van der Waals surface area contributed by atoms with Crippen molar-refractivity contribution in [1.29, 1.82) is 0 Å². The van der Waals surface area contributed by atoms with Crippen LogP contribution in [0.3, 0.4) is 0 Å². The first kappa shape index (κ1) is 17.5. The Morgan fingerprint density at radius 3 is 2.57 bits per heavy atom. The van der Waals surface area contributed by atoms with E-state index in [-0.39, 0.29) is 25.4 Å². The Morgan fingerprint density at radius 2 is 2.04 bits per heavy atom. The van der Waals surface area contributed by atoms with Crippen LogP contribution in [-0.2, 0) is 19.1 Å². The summed E-state index contributed by atoms with van der Waals surface area (Å²) in [6.07, 6.45) is 0.312. The smallest absolute Gasteiger partial charge is 0.408 e. The normalized spacial score (nSPS) is 27.8. The molecule has 2 saturated heterocycles. The fourth-order valence-electron chi connectivity index (χ4n) is 2.80. The van der Waals surface area contributed by atoms with Crippen molar-refractivity contribution in [3.05, 3.63) is 0 Å². The van der Waals surface area contributed by atoms with Gasteiger partial charge in [-0.2, -0.15) is 0 Å². The molecule has 130 valence electrons. The van der Waals surface area contributed by atoms with Crippen molar-refractivity contribution < 1.29 is 29.0 Å². The summed E-state index contributed by atoms with van der Waals surface area (Å²) in [4.78, 5) is 37.4.